The number of piperazine rings is 1. The van der Waals surface area contributed by atoms with Crippen molar-refractivity contribution >= 4 is 21.4 Å². The molecule has 0 unspecified atom stereocenters. The van der Waals surface area contributed by atoms with Gasteiger partial charge < -0.3 is 14.5 Å². The molecule has 2 aromatic carbocycles. The highest BCUT2D eigenvalue weighted by molar-refractivity contribution is 7.90. The number of aryl methyl sites for hydroxylation is 1. The molecule has 32 heavy (non-hydrogen) atoms. The highest BCUT2D eigenvalue weighted by Crippen LogP contribution is 2.30. The predicted molar refractivity (Wildman–Crippen MR) is 115 cm³/mol. The summed E-state index contributed by atoms with van der Waals surface area (Å²) in [5.41, 5.74) is 1.95. The molecule has 1 amide bonds. The van der Waals surface area contributed by atoms with Gasteiger partial charge in [0.1, 0.15) is 5.75 Å². The van der Waals surface area contributed by atoms with Crippen LogP contribution < -0.4 is 9.64 Å². The molecule has 0 saturated carbocycles. The number of rotatable bonds is 5. The first-order chi connectivity index (χ1) is 14.9. The van der Waals surface area contributed by atoms with E-state index in [1.165, 1.54) is 4.90 Å². The fourth-order valence-electron chi connectivity index (χ4n) is 3.36. The van der Waals surface area contributed by atoms with Crippen LogP contribution in [0.2, 0.25) is 0 Å². The average Bonchev–Trinajstić information content (AvgIpc) is 2.73. The predicted octanol–water partition coefficient (Wildman–Crippen LogP) is 3.69. The van der Waals surface area contributed by atoms with Crippen LogP contribution in [0.4, 0.5) is 18.9 Å². The van der Waals surface area contributed by atoms with Gasteiger partial charge in [0.05, 0.1) is 10.5 Å². The van der Waals surface area contributed by atoms with Crippen molar-refractivity contribution in [3.05, 3.63) is 53.6 Å². The lowest BCUT2D eigenvalue weighted by Crippen LogP contribution is -2.49. The van der Waals surface area contributed by atoms with E-state index in [9.17, 15) is 26.4 Å². The average molecular weight is 471 g/mol. The van der Waals surface area contributed by atoms with Gasteiger partial charge in [-0.2, -0.15) is 13.2 Å². The van der Waals surface area contributed by atoms with Crippen LogP contribution in [0.3, 0.4) is 0 Å². The van der Waals surface area contributed by atoms with Gasteiger partial charge in [0.15, 0.2) is 15.9 Å². The minimum atomic E-state index is -4.63. The van der Waals surface area contributed by atoms with Gasteiger partial charge in [-0.1, -0.05) is 17.7 Å². The number of carbonyl (C=O) groups is 1. The van der Waals surface area contributed by atoms with Crippen molar-refractivity contribution in [1.82, 2.24) is 4.90 Å². The van der Waals surface area contributed by atoms with E-state index < -0.39 is 28.0 Å². The molecule has 1 saturated heterocycles. The second-order valence-electron chi connectivity index (χ2n) is 7.85. The molecule has 10 heteroatoms. The smallest absolute Gasteiger partial charge is 0.425 e. The highest BCUT2D eigenvalue weighted by Gasteiger charge is 2.39. The van der Waals surface area contributed by atoms with Gasteiger partial charge in [0.25, 0.3) is 5.91 Å². The summed E-state index contributed by atoms with van der Waals surface area (Å²) in [5.74, 6) is -0.864. The van der Waals surface area contributed by atoms with Crippen LogP contribution in [0.5, 0.6) is 5.75 Å². The van der Waals surface area contributed by atoms with Crippen molar-refractivity contribution < 1.29 is 31.1 Å². The van der Waals surface area contributed by atoms with E-state index in [0.717, 1.165) is 42.6 Å². The van der Waals surface area contributed by atoms with Gasteiger partial charge in [0.2, 0.25) is 0 Å². The summed E-state index contributed by atoms with van der Waals surface area (Å²) < 4.78 is 67.9. The Morgan fingerprint density at radius 3 is 2.16 bits per heavy atom. The van der Waals surface area contributed by atoms with Crippen LogP contribution in [0.25, 0.3) is 0 Å². The van der Waals surface area contributed by atoms with E-state index in [0.29, 0.717) is 26.2 Å². The van der Waals surface area contributed by atoms with Crippen molar-refractivity contribution in [3.8, 4) is 5.75 Å². The molecule has 2 aromatic rings. The quantitative estimate of drug-likeness (QED) is 0.667. The maximum absolute atomic E-state index is 13.2. The molecule has 0 bridgehead atoms. The zero-order chi connectivity index (χ0) is 23.7. The largest absolute Gasteiger partial charge is 0.480 e. The molecule has 0 radical (unpaired) electrons. The standard InChI is InChI=1S/C22H25F3N2O4S/c1-15-4-6-17(7-5-15)26-10-12-27(13-11-26)21(28)19-14-18(32(3,29)30)8-9-20(19)31-16(2)22(23,24)25/h4-9,14,16H,10-13H2,1-3H3/t16-/m1/s1. The fourth-order valence-corrected chi connectivity index (χ4v) is 4.01. The Labute approximate surface area is 185 Å². The third kappa shape index (κ3) is 5.53. The van der Waals surface area contributed by atoms with Crippen LogP contribution in [0.1, 0.15) is 22.8 Å². The fraction of sp³-hybridized carbons (Fsp3) is 0.409. The number of alkyl halides is 3. The van der Waals surface area contributed by atoms with Gasteiger partial charge in [-0.15, -0.1) is 0 Å². The topological polar surface area (TPSA) is 66.9 Å². The molecule has 1 atom stereocenters. The maximum Gasteiger partial charge on any atom is 0.425 e. The second kappa shape index (κ2) is 9.01. The number of hydrogen-bond donors (Lipinski definition) is 0. The Morgan fingerprint density at radius 2 is 1.62 bits per heavy atom. The summed E-state index contributed by atoms with van der Waals surface area (Å²) in [6.45, 7) is 4.57. The zero-order valence-corrected chi connectivity index (χ0v) is 18.8. The van der Waals surface area contributed by atoms with Gasteiger partial charge in [-0.3, -0.25) is 4.79 Å². The number of carbonyl (C=O) groups excluding carboxylic acids is 1. The summed E-state index contributed by atoms with van der Waals surface area (Å²) in [6, 6.07) is 11.3. The summed E-state index contributed by atoms with van der Waals surface area (Å²) in [5, 5.41) is 0. The van der Waals surface area contributed by atoms with Crippen molar-refractivity contribution in [2.24, 2.45) is 0 Å². The maximum atomic E-state index is 13.2. The Kier molecular flexibility index (Phi) is 6.73. The van der Waals surface area contributed by atoms with E-state index >= 15 is 0 Å². The van der Waals surface area contributed by atoms with Crippen molar-refractivity contribution in [1.29, 1.82) is 0 Å². The Balaban J connectivity index is 1.83. The molecule has 1 aliphatic rings. The molecule has 0 spiro atoms. The Hall–Kier alpha value is -2.75. The number of nitrogens with zero attached hydrogens (tertiary/aromatic N) is 2. The first kappa shape index (κ1) is 23.9. The molecule has 1 aliphatic heterocycles. The van der Waals surface area contributed by atoms with Crippen LogP contribution in [-0.4, -0.2) is 63.9 Å². The molecule has 0 aromatic heterocycles. The molecule has 0 aliphatic carbocycles. The molecular formula is C22H25F3N2O4S. The minimum Gasteiger partial charge on any atom is -0.480 e. The lowest BCUT2D eigenvalue weighted by atomic mass is 10.1. The number of ether oxygens (including phenoxy) is 1. The van der Waals surface area contributed by atoms with Gasteiger partial charge >= 0.3 is 6.18 Å². The van der Waals surface area contributed by atoms with E-state index in [2.05, 4.69) is 4.90 Å². The third-order valence-corrected chi connectivity index (χ3v) is 6.45. The summed E-state index contributed by atoms with van der Waals surface area (Å²) in [4.78, 5) is 16.6. The summed E-state index contributed by atoms with van der Waals surface area (Å²) in [7, 11) is -3.67. The van der Waals surface area contributed by atoms with Gasteiger partial charge in [-0.05, 0) is 44.2 Å². The molecule has 0 N–H and O–H groups in total. The number of benzene rings is 2. The van der Waals surface area contributed by atoms with Gasteiger partial charge in [0, 0.05) is 38.1 Å². The van der Waals surface area contributed by atoms with Crippen molar-refractivity contribution in [2.45, 2.75) is 31.0 Å². The Morgan fingerprint density at radius 1 is 1.03 bits per heavy atom. The molecular weight excluding hydrogens is 445 g/mol. The van der Waals surface area contributed by atoms with Gasteiger partial charge in [-0.25, -0.2) is 8.42 Å². The van der Waals surface area contributed by atoms with E-state index in [1.54, 1.807) is 0 Å². The summed E-state index contributed by atoms with van der Waals surface area (Å²) in [6.07, 6.45) is -5.82. The highest BCUT2D eigenvalue weighted by atomic mass is 32.2. The lowest BCUT2D eigenvalue weighted by molar-refractivity contribution is -0.189. The monoisotopic (exact) mass is 470 g/mol. The van der Waals surface area contributed by atoms with Crippen LogP contribution >= 0.6 is 0 Å². The van der Waals surface area contributed by atoms with Crippen LogP contribution in [-0.2, 0) is 9.84 Å². The number of anilines is 1. The molecule has 3 rings (SSSR count). The third-order valence-electron chi connectivity index (χ3n) is 5.34. The lowest BCUT2D eigenvalue weighted by Gasteiger charge is -2.36. The molecule has 6 nitrogen and oxygen atoms in total. The summed E-state index contributed by atoms with van der Waals surface area (Å²) >= 11 is 0. The normalized spacial score (nSPS) is 16.1. The van der Waals surface area contributed by atoms with Crippen molar-refractivity contribution in [2.75, 3.05) is 37.3 Å². The first-order valence-corrected chi connectivity index (χ1v) is 11.9. The van der Waals surface area contributed by atoms with Crippen LogP contribution in [0.15, 0.2) is 47.4 Å². The number of halogens is 3. The molecule has 174 valence electrons. The van der Waals surface area contributed by atoms with E-state index in [1.807, 2.05) is 31.2 Å². The van der Waals surface area contributed by atoms with E-state index in [4.69, 9.17) is 4.74 Å². The molecule has 1 heterocycles. The minimum absolute atomic E-state index is 0.161. The number of amides is 1. The number of sulfone groups is 1. The van der Waals surface area contributed by atoms with Crippen molar-refractivity contribution in [3.63, 3.8) is 0 Å². The molecule has 1 fully saturated rings. The van der Waals surface area contributed by atoms with E-state index in [-0.39, 0.29) is 16.2 Å². The van der Waals surface area contributed by atoms with Crippen LogP contribution in [0, 0.1) is 6.92 Å². The zero-order valence-electron chi connectivity index (χ0n) is 18.0. The second-order valence-corrected chi connectivity index (χ2v) is 9.86. The number of hydrogen-bond acceptors (Lipinski definition) is 5. The first-order valence-electron chi connectivity index (χ1n) is 10.0. The Bertz CT molecular complexity index is 1080. The SMILES string of the molecule is Cc1ccc(N2CCN(C(=O)c3cc(S(C)(=O)=O)ccc3O[C@H](C)C(F)(F)F)CC2)cc1.